The average molecular weight is 359 g/mol. The summed E-state index contributed by atoms with van der Waals surface area (Å²) in [6, 6.07) is 9.25. The molecule has 1 amide bonds. The first-order valence-corrected chi connectivity index (χ1v) is 6.61. The summed E-state index contributed by atoms with van der Waals surface area (Å²) in [5.74, 6) is -0.853. The minimum absolute atomic E-state index is 0.303. The number of amides is 1. The van der Waals surface area contributed by atoms with Gasteiger partial charge in [-0.25, -0.2) is 0 Å². The summed E-state index contributed by atoms with van der Waals surface area (Å²) in [6.07, 6.45) is -4.60. The largest absolute Gasteiger partial charge is 0.417 e. The zero-order chi connectivity index (χ0) is 15.6. The zero-order valence-corrected chi connectivity index (χ0v) is 12.1. The van der Waals surface area contributed by atoms with Crippen molar-refractivity contribution in [1.82, 2.24) is 0 Å². The lowest BCUT2D eigenvalue weighted by atomic mass is 10.1. The smallest absolute Gasteiger partial charge is 0.399 e. The zero-order valence-electron chi connectivity index (χ0n) is 10.5. The maximum absolute atomic E-state index is 12.9. The molecular formula is C14H10BrF3N2O. The topological polar surface area (TPSA) is 55.1 Å². The molecule has 0 aliphatic rings. The van der Waals surface area contributed by atoms with Gasteiger partial charge in [0.05, 0.1) is 16.8 Å². The Hall–Kier alpha value is -2.02. The van der Waals surface area contributed by atoms with E-state index in [0.717, 1.165) is 12.1 Å². The number of carbonyl (C=O) groups excluding carboxylic acids is 1. The molecule has 0 atom stereocenters. The van der Waals surface area contributed by atoms with Gasteiger partial charge in [0, 0.05) is 10.2 Å². The van der Waals surface area contributed by atoms with E-state index < -0.39 is 23.2 Å². The summed E-state index contributed by atoms with van der Waals surface area (Å²) >= 11 is 3.20. The van der Waals surface area contributed by atoms with Gasteiger partial charge in [-0.15, -0.1) is 0 Å². The third kappa shape index (κ3) is 3.55. The highest BCUT2D eigenvalue weighted by atomic mass is 79.9. The van der Waals surface area contributed by atoms with Crippen molar-refractivity contribution < 1.29 is 18.0 Å². The van der Waals surface area contributed by atoms with Crippen LogP contribution < -0.4 is 11.1 Å². The van der Waals surface area contributed by atoms with Crippen LogP contribution in [0.4, 0.5) is 24.5 Å². The number of hydrogen-bond donors (Lipinski definition) is 2. The molecule has 2 rings (SSSR count). The van der Waals surface area contributed by atoms with Gasteiger partial charge in [0.25, 0.3) is 5.91 Å². The quantitative estimate of drug-likeness (QED) is 0.786. The van der Waals surface area contributed by atoms with Gasteiger partial charge in [0.1, 0.15) is 0 Å². The van der Waals surface area contributed by atoms with Crippen LogP contribution in [0, 0.1) is 0 Å². The summed E-state index contributed by atoms with van der Waals surface area (Å²) in [5, 5.41) is 2.41. The van der Waals surface area contributed by atoms with Crippen molar-refractivity contribution in [2.24, 2.45) is 0 Å². The third-order valence-electron chi connectivity index (χ3n) is 2.72. The van der Waals surface area contributed by atoms with E-state index in [1.54, 1.807) is 12.1 Å². The lowest BCUT2D eigenvalue weighted by molar-refractivity contribution is -0.137. The molecule has 3 nitrogen and oxygen atoms in total. The number of nitrogens with two attached hydrogens (primary N) is 1. The van der Waals surface area contributed by atoms with Crippen molar-refractivity contribution in [3.63, 3.8) is 0 Å². The molecule has 7 heteroatoms. The molecule has 21 heavy (non-hydrogen) atoms. The molecule has 2 aromatic rings. The van der Waals surface area contributed by atoms with E-state index in [4.69, 9.17) is 5.73 Å². The molecule has 2 aromatic carbocycles. The van der Waals surface area contributed by atoms with E-state index in [-0.39, 0.29) is 0 Å². The second kappa shape index (κ2) is 5.77. The predicted molar refractivity (Wildman–Crippen MR) is 78.0 cm³/mol. The highest BCUT2D eigenvalue weighted by Gasteiger charge is 2.34. The Morgan fingerprint density at radius 2 is 1.81 bits per heavy atom. The van der Waals surface area contributed by atoms with E-state index in [9.17, 15) is 18.0 Å². The molecule has 0 radical (unpaired) electrons. The Balaban J connectivity index is 2.36. The van der Waals surface area contributed by atoms with Gasteiger partial charge in [-0.1, -0.05) is 12.1 Å². The molecule has 110 valence electrons. The fourth-order valence-corrected chi connectivity index (χ4v) is 2.10. The normalized spacial score (nSPS) is 11.2. The summed E-state index contributed by atoms with van der Waals surface area (Å²) in [4.78, 5) is 12.1. The van der Waals surface area contributed by atoms with Crippen molar-refractivity contribution in [1.29, 1.82) is 0 Å². The summed E-state index contributed by atoms with van der Waals surface area (Å²) in [5.41, 5.74) is 4.85. The maximum atomic E-state index is 12.9. The van der Waals surface area contributed by atoms with Gasteiger partial charge >= 0.3 is 6.18 Å². The van der Waals surface area contributed by atoms with Gasteiger partial charge in [0.15, 0.2) is 0 Å². The second-order valence-corrected chi connectivity index (χ2v) is 5.09. The number of benzene rings is 2. The standard InChI is InChI=1S/C14H10BrF3N2O/c15-11-6-5-8(19)7-12(11)20-13(21)9-3-1-2-4-10(9)14(16,17)18/h1-7H,19H2,(H,20,21). The first-order valence-electron chi connectivity index (χ1n) is 5.81. The van der Waals surface area contributed by atoms with Crippen molar-refractivity contribution in [3.05, 3.63) is 58.1 Å². The van der Waals surface area contributed by atoms with Crippen molar-refractivity contribution in [3.8, 4) is 0 Å². The van der Waals surface area contributed by atoms with E-state index in [0.29, 0.717) is 15.8 Å². The van der Waals surface area contributed by atoms with Crippen LogP contribution in [0.25, 0.3) is 0 Å². The van der Waals surface area contributed by atoms with Crippen molar-refractivity contribution >= 4 is 33.2 Å². The molecule has 0 aromatic heterocycles. The fraction of sp³-hybridized carbons (Fsp3) is 0.0714. The fourth-order valence-electron chi connectivity index (χ4n) is 1.76. The number of anilines is 2. The molecule has 0 aliphatic heterocycles. The molecular weight excluding hydrogens is 349 g/mol. The monoisotopic (exact) mass is 358 g/mol. The maximum Gasteiger partial charge on any atom is 0.417 e. The molecule has 0 aliphatic carbocycles. The van der Waals surface area contributed by atoms with Crippen LogP contribution in [0.3, 0.4) is 0 Å². The predicted octanol–water partition coefficient (Wildman–Crippen LogP) is 4.30. The molecule has 0 saturated heterocycles. The number of carbonyl (C=O) groups is 1. The van der Waals surface area contributed by atoms with Gasteiger partial charge in [-0.05, 0) is 46.3 Å². The van der Waals surface area contributed by atoms with E-state index in [1.807, 2.05) is 0 Å². The Bertz CT molecular complexity index is 686. The van der Waals surface area contributed by atoms with Gasteiger partial charge in [0.2, 0.25) is 0 Å². The molecule has 0 heterocycles. The number of hydrogen-bond acceptors (Lipinski definition) is 2. The van der Waals surface area contributed by atoms with Gasteiger partial charge in [-0.3, -0.25) is 4.79 Å². The highest BCUT2D eigenvalue weighted by molar-refractivity contribution is 9.10. The number of nitrogen functional groups attached to an aromatic ring is 1. The van der Waals surface area contributed by atoms with Crippen LogP contribution >= 0.6 is 15.9 Å². The Kier molecular flexibility index (Phi) is 4.22. The number of halogens is 4. The van der Waals surface area contributed by atoms with Crippen LogP contribution in [-0.4, -0.2) is 5.91 Å². The van der Waals surface area contributed by atoms with Crippen LogP contribution in [0.15, 0.2) is 46.9 Å². The summed E-state index contributed by atoms with van der Waals surface area (Å²) in [6.45, 7) is 0. The Morgan fingerprint density at radius 1 is 1.14 bits per heavy atom. The molecule has 0 unspecified atom stereocenters. The van der Waals surface area contributed by atoms with Gasteiger partial charge < -0.3 is 11.1 Å². The molecule has 0 saturated carbocycles. The molecule has 0 bridgehead atoms. The highest BCUT2D eigenvalue weighted by Crippen LogP contribution is 2.32. The Labute approximate surface area is 127 Å². The minimum Gasteiger partial charge on any atom is -0.399 e. The number of alkyl halides is 3. The molecule has 0 spiro atoms. The van der Waals surface area contributed by atoms with Crippen LogP contribution in [0.5, 0.6) is 0 Å². The van der Waals surface area contributed by atoms with Crippen LogP contribution in [0.2, 0.25) is 0 Å². The third-order valence-corrected chi connectivity index (χ3v) is 3.41. The first kappa shape index (κ1) is 15.4. The lowest BCUT2D eigenvalue weighted by Gasteiger charge is -2.13. The lowest BCUT2D eigenvalue weighted by Crippen LogP contribution is -2.18. The first-order chi connectivity index (χ1) is 9.79. The van der Waals surface area contributed by atoms with Gasteiger partial charge in [-0.2, -0.15) is 13.2 Å². The summed E-state index contributed by atoms with van der Waals surface area (Å²) in [7, 11) is 0. The number of nitrogens with one attached hydrogen (secondary N) is 1. The molecule has 0 fully saturated rings. The van der Waals surface area contributed by atoms with E-state index in [1.165, 1.54) is 18.2 Å². The summed E-state index contributed by atoms with van der Waals surface area (Å²) < 4.78 is 39.2. The molecule has 3 N–H and O–H groups in total. The van der Waals surface area contributed by atoms with Crippen LogP contribution in [0.1, 0.15) is 15.9 Å². The van der Waals surface area contributed by atoms with E-state index in [2.05, 4.69) is 21.2 Å². The van der Waals surface area contributed by atoms with Crippen molar-refractivity contribution in [2.75, 3.05) is 11.1 Å². The average Bonchev–Trinajstić information content (AvgIpc) is 2.42. The van der Waals surface area contributed by atoms with Crippen LogP contribution in [-0.2, 0) is 6.18 Å². The SMILES string of the molecule is Nc1ccc(Br)c(NC(=O)c2ccccc2C(F)(F)F)c1. The minimum atomic E-state index is -4.60. The second-order valence-electron chi connectivity index (χ2n) is 4.24. The number of rotatable bonds is 2. The Morgan fingerprint density at radius 3 is 2.48 bits per heavy atom. The van der Waals surface area contributed by atoms with Crippen molar-refractivity contribution in [2.45, 2.75) is 6.18 Å². The van der Waals surface area contributed by atoms with E-state index >= 15 is 0 Å².